The number of nitrogens with zero attached hydrogens (tertiary/aromatic N) is 1. The predicted molar refractivity (Wildman–Crippen MR) is 179 cm³/mol. The van der Waals surface area contributed by atoms with Crippen molar-refractivity contribution in [1.82, 2.24) is 15.5 Å². The van der Waals surface area contributed by atoms with E-state index in [1.165, 1.54) is 94.8 Å². The van der Waals surface area contributed by atoms with Crippen LogP contribution < -0.4 is 22.1 Å². The van der Waals surface area contributed by atoms with E-state index >= 15 is 0 Å². The first-order valence-electron chi connectivity index (χ1n) is 17.0. The van der Waals surface area contributed by atoms with E-state index in [-0.39, 0.29) is 38.3 Å². The Hall–Kier alpha value is 0.140. The Bertz CT molecular complexity index is 626. The molecule has 0 aliphatic heterocycles. The molecule has 0 aliphatic carbocycles. The molecule has 0 radical (unpaired) electrons. The molecule has 0 bridgehead atoms. The number of unbranched alkanes of at least 4 members (excludes halogenated alkanes) is 18. The fourth-order valence-electron chi connectivity index (χ4n) is 5.18. The lowest BCUT2D eigenvalue weighted by Gasteiger charge is -2.26. The third-order valence-electron chi connectivity index (χ3n) is 7.59. The van der Waals surface area contributed by atoms with Crippen LogP contribution in [0, 0.1) is 0 Å². The summed E-state index contributed by atoms with van der Waals surface area (Å²) in [5.74, 6) is 0. The summed E-state index contributed by atoms with van der Waals surface area (Å²) < 4.78 is 25.5. The van der Waals surface area contributed by atoms with Crippen LogP contribution in [0.4, 0.5) is 0 Å². The standard InChI is InChI=1S/C30H69N5O5P2/c31-21-17-13-9-5-1-3-7-11-15-19-23-33-27-41(37,38)29-35(25-26-36)30-42(39,40)28-34-24-20-16-12-8-4-2-6-10-14-18-22-32/h33-34,36H,1-32H2,(H,37,38)(H,39,40). The summed E-state index contributed by atoms with van der Waals surface area (Å²) in [6.07, 6.45) is 23.5. The van der Waals surface area contributed by atoms with Gasteiger partial charge in [-0.2, -0.15) is 0 Å². The number of aliphatic hydroxyl groups excluding tert-OH is 1. The van der Waals surface area contributed by atoms with Crippen LogP contribution in [-0.4, -0.2) is 84.3 Å². The van der Waals surface area contributed by atoms with Gasteiger partial charge in [-0.1, -0.05) is 103 Å². The van der Waals surface area contributed by atoms with Gasteiger partial charge >= 0.3 is 0 Å². The molecule has 0 aliphatic rings. The molecule has 2 unspecified atom stereocenters. The maximum atomic E-state index is 12.7. The minimum Gasteiger partial charge on any atom is -0.395 e. The molecule has 0 amide bonds. The first-order chi connectivity index (χ1) is 20.3. The Morgan fingerprint density at radius 3 is 1.07 bits per heavy atom. The Kier molecular flexibility index (Phi) is 29.9. The van der Waals surface area contributed by atoms with Gasteiger partial charge in [0.05, 0.1) is 31.8 Å². The summed E-state index contributed by atoms with van der Waals surface area (Å²) in [6, 6.07) is 0. The SMILES string of the molecule is NCCCCCCCCCCCCNCP(=O)(O)CN(CCO)CP(=O)(O)CNCCCCCCCCCCCCN. The normalized spacial score (nSPS) is 14.8. The lowest BCUT2D eigenvalue weighted by molar-refractivity contribution is 0.223. The first-order valence-corrected chi connectivity index (χ1v) is 21.1. The average molecular weight is 642 g/mol. The second-order valence-corrected chi connectivity index (χ2v) is 16.6. The molecule has 254 valence electrons. The zero-order chi connectivity index (χ0) is 31.2. The van der Waals surface area contributed by atoms with E-state index in [0.29, 0.717) is 13.1 Å². The van der Waals surface area contributed by atoms with E-state index in [2.05, 4.69) is 10.6 Å². The summed E-state index contributed by atoms with van der Waals surface area (Å²) in [7, 11) is -7.14. The predicted octanol–water partition coefficient (Wildman–Crippen LogP) is 5.55. The fourth-order valence-corrected chi connectivity index (χ4v) is 8.28. The van der Waals surface area contributed by atoms with Gasteiger partial charge in [0.25, 0.3) is 0 Å². The molecular formula is C30H69N5O5P2. The van der Waals surface area contributed by atoms with Crippen LogP contribution >= 0.6 is 14.7 Å². The van der Waals surface area contributed by atoms with Gasteiger partial charge in [0.1, 0.15) is 0 Å². The van der Waals surface area contributed by atoms with Gasteiger partial charge in [0, 0.05) is 6.54 Å². The van der Waals surface area contributed by atoms with Crippen molar-refractivity contribution in [1.29, 1.82) is 0 Å². The quantitative estimate of drug-likeness (QED) is 0.0349. The Balaban J connectivity index is 3.94. The van der Waals surface area contributed by atoms with Crippen molar-refractivity contribution in [2.45, 2.75) is 128 Å². The van der Waals surface area contributed by atoms with E-state index in [4.69, 9.17) is 11.5 Å². The lowest BCUT2D eigenvalue weighted by Crippen LogP contribution is -2.32. The zero-order valence-corrected chi connectivity index (χ0v) is 28.7. The number of hydrogen-bond acceptors (Lipinski definition) is 8. The van der Waals surface area contributed by atoms with Crippen molar-refractivity contribution in [3.63, 3.8) is 0 Å². The van der Waals surface area contributed by atoms with E-state index in [0.717, 1.165) is 51.6 Å². The summed E-state index contributed by atoms with van der Waals surface area (Å²) in [5.41, 5.74) is 11.0. The van der Waals surface area contributed by atoms with Gasteiger partial charge in [-0.25, -0.2) is 0 Å². The molecule has 0 spiro atoms. The largest absolute Gasteiger partial charge is 0.395 e. The molecule has 42 heavy (non-hydrogen) atoms. The molecule has 0 fully saturated rings. The summed E-state index contributed by atoms with van der Waals surface area (Å²) >= 11 is 0. The molecule has 0 aromatic carbocycles. The summed E-state index contributed by atoms with van der Waals surface area (Å²) in [5, 5.41) is 15.6. The smallest absolute Gasteiger partial charge is 0.227 e. The monoisotopic (exact) mass is 641 g/mol. The molecule has 0 saturated carbocycles. The molecule has 2 atom stereocenters. The van der Waals surface area contributed by atoms with Crippen LogP contribution in [0.3, 0.4) is 0 Å². The molecule has 0 rings (SSSR count). The number of rotatable bonds is 34. The van der Waals surface area contributed by atoms with Crippen molar-refractivity contribution in [2.75, 3.05) is 64.5 Å². The Morgan fingerprint density at radius 1 is 0.500 bits per heavy atom. The Morgan fingerprint density at radius 2 is 0.786 bits per heavy atom. The molecular weight excluding hydrogens is 572 g/mol. The molecule has 12 heteroatoms. The van der Waals surface area contributed by atoms with Gasteiger partial charge in [-0.15, -0.1) is 0 Å². The van der Waals surface area contributed by atoms with Crippen molar-refractivity contribution in [2.24, 2.45) is 11.5 Å². The van der Waals surface area contributed by atoms with Gasteiger partial charge in [0.2, 0.25) is 14.7 Å². The van der Waals surface area contributed by atoms with E-state index in [1.54, 1.807) is 0 Å². The first kappa shape index (κ1) is 42.1. The number of nitrogens with two attached hydrogens (primary N) is 2. The molecule has 10 nitrogen and oxygen atoms in total. The van der Waals surface area contributed by atoms with Crippen molar-refractivity contribution in [3.8, 4) is 0 Å². The van der Waals surface area contributed by atoms with Gasteiger partial charge in [-0.3, -0.25) is 14.0 Å². The highest BCUT2D eigenvalue weighted by atomic mass is 31.2. The molecule has 0 saturated heterocycles. The molecule has 0 aromatic rings. The molecule has 0 aromatic heterocycles. The van der Waals surface area contributed by atoms with Crippen molar-refractivity contribution < 1.29 is 24.0 Å². The minimum atomic E-state index is -3.57. The average Bonchev–Trinajstić information content (AvgIpc) is 2.93. The molecule has 9 N–H and O–H groups in total. The van der Waals surface area contributed by atoms with Crippen LogP contribution in [0.15, 0.2) is 0 Å². The number of nitrogens with one attached hydrogen (secondary N) is 2. The highest BCUT2D eigenvalue weighted by Crippen LogP contribution is 2.44. The zero-order valence-electron chi connectivity index (χ0n) is 26.9. The molecule has 0 heterocycles. The third kappa shape index (κ3) is 30.2. The van der Waals surface area contributed by atoms with Crippen LogP contribution in [0.25, 0.3) is 0 Å². The van der Waals surface area contributed by atoms with Crippen molar-refractivity contribution >= 4 is 14.7 Å². The van der Waals surface area contributed by atoms with Gasteiger partial charge in [0.15, 0.2) is 0 Å². The fraction of sp³-hybridized carbons (Fsp3) is 1.00. The van der Waals surface area contributed by atoms with Gasteiger partial charge < -0.3 is 37.0 Å². The highest BCUT2D eigenvalue weighted by molar-refractivity contribution is 7.58. The van der Waals surface area contributed by atoms with Crippen LogP contribution in [-0.2, 0) is 9.13 Å². The number of aliphatic hydroxyl groups is 1. The van der Waals surface area contributed by atoms with Crippen LogP contribution in [0.1, 0.15) is 128 Å². The number of hydrogen-bond donors (Lipinski definition) is 7. The second kappa shape index (κ2) is 29.8. The summed E-state index contributed by atoms with van der Waals surface area (Å²) in [6.45, 7) is 2.81. The maximum absolute atomic E-state index is 12.7. The second-order valence-electron chi connectivity index (χ2n) is 12.1. The third-order valence-corrected chi connectivity index (χ3v) is 10.7. The summed E-state index contributed by atoms with van der Waals surface area (Å²) in [4.78, 5) is 22.4. The topological polar surface area (TPSA) is 174 Å². The van der Waals surface area contributed by atoms with Gasteiger partial charge in [-0.05, 0) is 51.9 Å². The Labute approximate surface area is 258 Å². The van der Waals surface area contributed by atoms with E-state index < -0.39 is 14.7 Å². The van der Waals surface area contributed by atoms with Crippen LogP contribution in [0.5, 0.6) is 0 Å². The highest BCUT2D eigenvalue weighted by Gasteiger charge is 2.27. The van der Waals surface area contributed by atoms with E-state index in [9.17, 15) is 24.0 Å². The lowest BCUT2D eigenvalue weighted by atomic mass is 10.1. The van der Waals surface area contributed by atoms with Crippen molar-refractivity contribution in [3.05, 3.63) is 0 Å². The van der Waals surface area contributed by atoms with Crippen LogP contribution in [0.2, 0.25) is 0 Å². The minimum absolute atomic E-state index is 0.0278. The maximum Gasteiger partial charge on any atom is 0.227 e. The van der Waals surface area contributed by atoms with E-state index in [1.807, 2.05) is 0 Å².